The van der Waals surface area contributed by atoms with Gasteiger partial charge in [-0.05, 0) is 41.8 Å². The molecule has 0 spiro atoms. The maximum Gasteiger partial charge on any atom is 0.227 e. The second kappa shape index (κ2) is 7.72. The van der Waals surface area contributed by atoms with E-state index in [-0.39, 0.29) is 11.7 Å². The predicted octanol–water partition coefficient (Wildman–Crippen LogP) is 3.73. The Kier molecular flexibility index (Phi) is 4.98. The minimum absolute atomic E-state index is 0.0528. The second-order valence-electron chi connectivity index (χ2n) is 6.99. The highest BCUT2D eigenvalue weighted by atomic mass is 16.5. The predicted molar refractivity (Wildman–Crippen MR) is 107 cm³/mol. The number of nitrogens with zero attached hydrogens (tertiary/aromatic N) is 2. The summed E-state index contributed by atoms with van der Waals surface area (Å²) < 4.78 is 5.76. The van der Waals surface area contributed by atoms with E-state index in [1.54, 1.807) is 23.4 Å². The van der Waals surface area contributed by atoms with Crippen LogP contribution in [-0.4, -0.2) is 34.0 Å². The lowest BCUT2D eigenvalue weighted by Crippen LogP contribution is -2.33. The van der Waals surface area contributed by atoms with Gasteiger partial charge in [-0.3, -0.25) is 9.78 Å². The number of benzene rings is 2. The third-order valence-electron chi connectivity index (χ3n) is 5.07. The Morgan fingerprint density at radius 1 is 1.18 bits per heavy atom. The molecule has 2 aromatic carbocycles. The van der Waals surface area contributed by atoms with Crippen LogP contribution in [0.15, 0.2) is 60.9 Å². The van der Waals surface area contributed by atoms with Crippen LogP contribution in [0.4, 0.5) is 0 Å². The van der Waals surface area contributed by atoms with Gasteiger partial charge >= 0.3 is 0 Å². The molecule has 0 radical (unpaired) electrons. The number of aromatic nitrogens is 1. The first kappa shape index (κ1) is 18.0. The topological polar surface area (TPSA) is 62.7 Å². The standard InChI is InChI=1S/C23H22N2O3/c1-16-5-2-3-6-17(16)13-22(27)25-9-10-28-23-20(15-25)11-19(12-21(23)26)18-7-4-8-24-14-18/h2-8,11-12,14,26H,9-10,13,15H2,1H3. The molecule has 2 heterocycles. The molecule has 0 aliphatic carbocycles. The molecule has 1 aliphatic rings. The number of carbonyl (C=O) groups excluding carboxylic acids is 1. The number of ether oxygens (including phenoxy) is 1. The molecule has 0 unspecified atom stereocenters. The first-order valence-corrected chi connectivity index (χ1v) is 9.33. The van der Waals surface area contributed by atoms with Crippen molar-refractivity contribution >= 4 is 5.91 Å². The van der Waals surface area contributed by atoms with E-state index in [0.29, 0.717) is 31.9 Å². The highest BCUT2D eigenvalue weighted by Gasteiger charge is 2.23. The lowest BCUT2D eigenvalue weighted by atomic mass is 10.0. The van der Waals surface area contributed by atoms with E-state index in [1.165, 1.54) is 0 Å². The quantitative estimate of drug-likeness (QED) is 0.759. The Hall–Kier alpha value is -3.34. The molecular formula is C23H22N2O3. The van der Waals surface area contributed by atoms with Crippen molar-refractivity contribution < 1.29 is 14.6 Å². The molecular weight excluding hydrogens is 352 g/mol. The zero-order valence-corrected chi connectivity index (χ0v) is 15.8. The van der Waals surface area contributed by atoms with Gasteiger partial charge in [-0.15, -0.1) is 0 Å². The van der Waals surface area contributed by atoms with E-state index >= 15 is 0 Å². The van der Waals surface area contributed by atoms with Crippen molar-refractivity contribution in [3.8, 4) is 22.6 Å². The summed E-state index contributed by atoms with van der Waals surface area (Å²) in [5.74, 6) is 0.598. The molecule has 1 amide bonds. The van der Waals surface area contributed by atoms with Crippen LogP contribution in [0.2, 0.25) is 0 Å². The Bertz CT molecular complexity index is 1000. The molecule has 0 saturated carbocycles. The van der Waals surface area contributed by atoms with Crippen molar-refractivity contribution in [2.45, 2.75) is 19.9 Å². The highest BCUT2D eigenvalue weighted by molar-refractivity contribution is 5.79. The monoisotopic (exact) mass is 374 g/mol. The number of rotatable bonds is 3. The SMILES string of the molecule is Cc1ccccc1CC(=O)N1CCOc2c(O)cc(-c3cccnc3)cc2C1. The minimum Gasteiger partial charge on any atom is -0.504 e. The summed E-state index contributed by atoms with van der Waals surface area (Å²) >= 11 is 0. The van der Waals surface area contributed by atoms with Crippen LogP contribution in [0.25, 0.3) is 11.1 Å². The molecule has 142 valence electrons. The summed E-state index contributed by atoms with van der Waals surface area (Å²) in [7, 11) is 0. The van der Waals surface area contributed by atoms with Crippen molar-refractivity contribution in [2.75, 3.05) is 13.2 Å². The molecule has 0 saturated heterocycles. The van der Waals surface area contributed by atoms with E-state index in [4.69, 9.17) is 4.74 Å². The zero-order chi connectivity index (χ0) is 19.5. The fraction of sp³-hybridized carbons (Fsp3) is 0.217. The van der Waals surface area contributed by atoms with Crippen molar-refractivity contribution in [1.29, 1.82) is 0 Å². The van der Waals surface area contributed by atoms with E-state index in [0.717, 1.165) is 27.8 Å². The Morgan fingerprint density at radius 2 is 2.04 bits per heavy atom. The van der Waals surface area contributed by atoms with Gasteiger partial charge in [0.05, 0.1) is 13.0 Å². The van der Waals surface area contributed by atoms with Gasteiger partial charge in [-0.25, -0.2) is 0 Å². The number of phenols is 1. The van der Waals surface area contributed by atoms with Crippen molar-refractivity contribution in [3.63, 3.8) is 0 Å². The van der Waals surface area contributed by atoms with Crippen molar-refractivity contribution in [2.24, 2.45) is 0 Å². The number of pyridine rings is 1. The summed E-state index contributed by atoms with van der Waals surface area (Å²) in [6.45, 7) is 3.26. The van der Waals surface area contributed by atoms with Crippen LogP contribution in [0.3, 0.4) is 0 Å². The smallest absolute Gasteiger partial charge is 0.227 e. The second-order valence-corrected chi connectivity index (χ2v) is 6.99. The van der Waals surface area contributed by atoms with E-state index in [2.05, 4.69) is 4.98 Å². The molecule has 1 aliphatic heterocycles. The van der Waals surface area contributed by atoms with Crippen LogP contribution < -0.4 is 4.74 Å². The maximum absolute atomic E-state index is 12.9. The zero-order valence-electron chi connectivity index (χ0n) is 15.8. The molecule has 28 heavy (non-hydrogen) atoms. The molecule has 0 bridgehead atoms. The van der Waals surface area contributed by atoms with Crippen LogP contribution in [0.1, 0.15) is 16.7 Å². The van der Waals surface area contributed by atoms with Crippen molar-refractivity contribution in [1.82, 2.24) is 9.88 Å². The fourth-order valence-corrected chi connectivity index (χ4v) is 3.50. The van der Waals surface area contributed by atoms with Gasteiger partial charge < -0.3 is 14.7 Å². The Morgan fingerprint density at radius 3 is 2.82 bits per heavy atom. The third-order valence-corrected chi connectivity index (χ3v) is 5.07. The number of phenolic OH excluding ortho intramolecular Hbond substituents is 1. The number of amides is 1. The summed E-state index contributed by atoms with van der Waals surface area (Å²) in [4.78, 5) is 18.9. The summed E-state index contributed by atoms with van der Waals surface area (Å²) in [5.41, 5.74) is 4.70. The van der Waals surface area contributed by atoms with Crippen molar-refractivity contribution in [3.05, 3.63) is 77.6 Å². The number of aromatic hydroxyl groups is 1. The first-order chi connectivity index (χ1) is 13.6. The maximum atomic E-state index is 12.9. The van der Waals surface area contributed by atoms with Gasteiger partial charge in [-0.2, -0.15) is 0 Å². The van der Waals surface area contributed by atoms with E-state index in [9.17, 15) is 9.90 Å². The van der Waals surface area contributed by atoms with Gasteiger partial charge in [0.25, 0.3) is 0 Å². The number of carbonyl (C=O) groups is 1. The van der Waals surface area contributed by atoms with Crippen LogP contribution in [0, 0.1) is 6.92 Å². The molecule has 4 rings (SSSR count). The average molecular weight is 374 g/mol. The van der Waals surface area contributed by atoms with Gasteiger partial charge in [0, 0.05) is 30.1 Å². The molecule has 5 heteroatoms. The normalized spacial score (nSPS) is 13.4. The third kappa shape index (κ3) is 3.69. The van der Waals surface area contributed by atoms with Gasteiger partial charge in [0.2, 0.25) is 5.91 Å². The minimum atomic E-state index is 0.0528. The first-order valence-electron chi connectivity index (χ1n) is 9.33. The lowest BCUT2D eigenvalue weighted by Gasteiger charge is -2.20. The largest absolute Gasteiger partial charge is 0.504 e. The highest BCUT2D eigenvalue weighted by Crippen LogP contribution is 2.37. The summed E-state index contributed by atoms with van der Waals surface area (Å²) in [6, 6.07) is 15.4. The molecule has 5 nitrogen and oxygen atoms in total. The Labute approximate surface area is 164 Å². The molecule has 1 aromatic heterocycles. The lowest BCUT2D eigenvalue weighted by molar-refractivity contribution is -0.131. The molecule has 3 aromatic rings. The van der Waals surface area contributed by atoms with E-state index in [1.807, 2.05) is 49.4 Å². The van der Waals surface area contributed by atoms with Gasteiger partial charge in [-0.1, -0.05) is 30.3 Å². The number of aryl methyl sites for hydroxylation is 1. The van der Waals surface area contributed by atoms with Crippen LogP contribution in [-0.2, 0) is 17.8 Å². The molecule has 0 atom stereocenters. The summed E-state index contributed by atoms with van der Waals surface area (Å²) in [6.07, 6.45) is 3.82. The molecule has 0 fully saturated rings. The van der Waals surface area contributed by atoms with Gasteiger partial charge in [0.1, 0.15) is 6.61 Å². The average Bonchev–Trinajstić information content (AvgIpc) is 2.93. The fourth-order valence-electron chi connectivity index (χ4n) is 3.50. The number of hydrogen-bond donors (Lipinski definition) is 1. The van der Waals surface area contributed by atoms with Crippen LogP contribution in [0.5, 0.6) is 11.5 Å². The molecule has 1 N–H and O–H groups in total. The Balaban J connectivity index is 1.61. The van der Waals surface area contributed by atoms with Crippen LogP contribution >= 0.6 is 0 Å². The summed E-state index contributed by atoms with van der Waals surface area (Å²) in [5, 5.41) is 10.5. The number of hydrogen-bond acceptors (Lipinski definition) is 4. The van der Waals surface area contributed by atoms with E-state index < -0.39 is 0 Å². The van der Waals surface area contributed by atoms with Gasteiger partial charge in [0.15, 0.2) is 11.5 Å². The number of fused-ring (bicyclic) bond motifs is 1.